The number of nitrogens with one attached hydrogen (secondary N) is 1. The van der Waals surface area contributed by atoms with Crippen molar-refractivity contribution in [2.24, 2.45) is 29.1 Å². The van der Waals surface area contributed by atoms with Gasteiger partial charge in [-0.2, -0.15) is 0 Å². The maximum atomic E-state index is 16.6. The van der Waals surface area contributed by atoms with Gasteiger partial charge in [0, 0.05) is 53.2 Å². The lowest BCUT2D eigenvalue weighted by molar-refractivity contribution is 0.375. The molecule has 532 valence electrons. The van der Waals surface area contributed by atoms with Gasteiger partial charge in [0.2, 0.25) is 34.9 Å². The number of aromatic nitrogens is 2. The van der Waals surface area contributed by atoms with E-state index >= 15 is 105 Å². The van der Waals surface area contributed by atoms with Crippen molar-refractivity contribution in [3.8, 4) is 0 Å². The summed E-state index contributed by atoms with van der Waals surface area (Å²) in [6.45, 7) is 0. The van der Waals surface area contributed by atoms with Crippen molar-refractivity contribution in [1.82, 2.24) is 14.5 Å². The molecule has 0 radical (unpaired) electrons. The second-order valence-corrected chi connectivity index (χ2v) is 22.3. The Kier molecular flexibility index (Phi) is 17.0. The number of rotatable bonds is 6. The largest absolute Gasteiger partial charge is 0.374 e. The average molecular weight is 1490 g/mol. The first kappa shape index (κ1) is 70.7. The number of halogens is 30. The molecule has 7 heterocycles. The van der Waals surface area contributed by atoms with E-state index in [2.05, 4.69) is 20.3 Å². The molecular weight excluding hydrogens is 1470 g/mol. The molecule has 104 heavy (non-hydrogen) atoms. The average Bonchev–Trinajstić information content (AvgIpc) is 1.56. The number of fused-ring (bicyclic) bond motifs is 9. The molecule has 0 aliphatic carbocycles. The van der Waals surface area contributed by atoms with E-state index in [4.69, 9.17) is 0 Å². The van der Waals surface area contributed by atoms with Gasteiger partial charge in [-0.05, 0) is 66.8 Å². The van der Waals surface area contributed by atoms with Gasteiger partial charge < -0.3 is 14.5 Å². The predicted octanol–water partition coefficient (Wildman–Crippen LogP) is 16.6. The van der Waals surface area contributed by atoms with Crippen molar-refractivity contribution >= 4 is 50.6 Å². The van der Waals surface area contributed by atoms with Crippen LogP contribution in [0.2, 0.25) is 0 Å². The van der Waals surface area contributed by atoms with Crippen molar-refractivity contribution in [1.29, 1.82) is 0 Å². The summed E-state index contributed by atoms with van der Waals surface area (Å²) in [6, 6.07) is -0.672. The normalized spacial score (nSPS) is 19.7. The van der Waals surface area contributed by atoms with Gasteiger partial charge in [0.25, 0.3) is 0 Å². The Morgan fingerprint density at radius 3 is 0.846 bits per heavy atom. The van der Waals surface area contributed by atoms with E-state index in [1.807, 2.05) is 0 Å². The molecule has 0 saturated carbocycles. The zero-order valence-corrected chi connectivity index (χ0v) is 50.1. The first-order chi connectivity index (χ1) is 49.0. The highest BCUT2D eigenvalue weighted by molar-refractivity contribution is 6.35. The number of hydrogen-bond donors (Lipinski definition) is 1. The van der Waals surface area contributed by atoms with Crippen LogP contribution in [0.1, 0.15) is 44.8 Å². The van der Waals surface area contributed by atoms with Crippen molar-refractivity contribution in [3.05, 3.63) is 326 Å². The van der Waals surface area contributed by atoms with Gasteiger partial charge in [-0.3, -0.25) is 0 Å². The number of benzene rings is 6. The van der Waals surface area contributed by atoms with Crippen LogP contribution < -0.4 is 16.0 Å². The molecule has 6 nitrogen and oxygen atoms in total. The van der Waals surface area contributed by atoms with E-state index in [1.54, 1.807) is 0 Å². The summed E-state index contributed by atoms with van der Waals surface area (Å²) in [6.07, 6.45) is 3.31. The molecule has 1 unspecified atom stereocenters. The molecule has 0 amide bonds. The zero-order chi connectivity index (χ0) is 75.6. The number of aliphatic imine (C=N–C) groups is 3. The minimum Gasteiger partial charge on any atom is -0.374 e. The molecule has 0 fully saturated rings. The highest BCUT2D eigenvalue weighted by Crippen LogP contribution is 2.46. The Balaban J connectivity index is 1.28. The van der Waals surface area contributed by atoms with Gasteiger partial charge >= 0.3 is 0 Å². The lowest BCUT2D eigenvalue weighted by Gasteiger charge is -2.22. The summed E-state index contributed by atoms with van der Waals surface area (Å²) in [5.74, 6) is -85.6. The van der Waals surface area contributed by atoms with Crippen LogP contribution in [0.5, 0.6) is 0 Å². The lowest BCUT2D eigenvalue weighted by Crippen LogP contribution is -2.31. The number of nitrogens with zero attached hydrogens (tertiary/aromatic N) is 5. The Morgan fingerprint density at radius 2 is 0.500 bits per heavy atom. The molecule has 13 rings (SSSR count). The summed E-state index contributed by atoms with van der Waals surface area (Å²) < 4.78 is 477. The molecule has 36 heteroatoms. The highest BCUT2D eigenvalue weighted by atomic mass is 19.2. The monoisotopic (exact) mass is 1490 g/mol. The summed E-state index contributed by atoms with van der Waals surface area (Å²) in [5, 5.41) is -0.117. The minimum atomic E-state index is -2.92. The zero-order valence-electron chi connectivity index (χ0n) is 50.1. The maximum absolute atomic E-state index is 16.6. The van der Waals surface area contributed by atoms with Gasteiger partial charge in [0.1, 0.15) is 0 Å². The van der Waals surface area contributed by atoms with Crippen molar-refractivity contribution in [3.63, 3.8) is 0 Å². The second kappa shape index (κ2) is 25.1. The van der Waals surface area contributed by atoms with Crippen LogP contribution in [0.15, 0.2) is 111 Å². The number of hydrogen-bond acceptors (Lipinski definition) is 4. The van der Waals surface area contributed by atoms with Gasteiger partial charge in [-0.1, -0.05) is 6.08 Å². The van der Waals surface area contributed by atoms with Crippen molar-refractivity contribution < 1.29 is 132 Å². The van der Waals surface area contributed by atoms with E-state index in [0.717, 1.165) is 0 Å². The molecule has 2 aromatic heterocycles. The van der Waals surface area contributed by atoms with Crippen LogP contribution in [-0.2, 0) is 14.1 Å². The second-order valence-electron chi connectivity index (χ2n) is 22.3. The Hall–Kier alpha value is -11.8. The van der Waals surface area contributed by atoms with Gasteiger partial charge in [-0.25, -0.2) is 147 Å². The maximum Gasteiger partial charge on any atom is 0.200 e. The summed E-state index contributed by atoms with van der Waals surface area (Å²) >= 11 is 0. The molecule has 6 aromatic carbocycles. The summed E-state index contributed by atoms with van der Waals surface area (Å²) in [5.41, 5.74) is -33.7. The third-order valence-electron chi connectivity index (χ3n) is 16.9. The first-order valence-corrected chi connectivity index (χ1v) is 28.4. The van der Waals surface area contributed by atoms with Gasteiger partial charge in [0.05, 0.1) is 95.7 Å². The van der Waals surface area contributed by atoms with Crippen LogP contribution in [0.25, 0.3) is 33.4 Å². The molecule has 1 N–H and O–H groups in total. The molecule has 1 atom stereocenters. The van der Waals surface area contributed by atoms with E-state index in [0.29, 0.717) is 96.1 Å². The van der Waals surface area contributed by atoms with E-state index in [9.17, 15) is 26.3 Å². The SMILES string of the molecule is Cn1c2ccc1/C(c1c(F)c(F)c(F)c(F)c1F)=C1\C=CC(N1)/C(c1c(F)c(F)c(F)c(F)c1F)=C1/C=CC(=N1)/C(c1c(F)c(F)c(F)c(F)c1F)=c1/cc/c(n1C)=C(\c1c(F)c(F)c(F)c(F)c1F)C1=N/C(=C(/c3c(F)c(F)c(F)c(F)c3F)C3=N/C(=C\2c2c(F)c(F)c(F)c(F)c2F)C=C3)C=C1. The molecule has 12 bridgehead atoms. The van der Waals surface area contributed by atoms with Gasteiger partial charge in [0.15, 0.2) is 140 Å². The molecule has 5 aliphatic heterocycles. The Bertz CT molecular complexity index is 5730. The Labute approximate surface area is 556 Å². The van der Waals surface area contributed by atoms with E-state index < -0.39 is 309 Å². The summed E-state index contributed by atoms with van der Waals surface area (Å²) in [4.78, 5) is 11.9. The third kappa shape index (κ3) is 10.1. The van der Waals surface area contributed by atoms with Crippen LogP contribution in [-0.4, -0.2) is 32.3 Å². The quantitative estimate of drug-likeness (QED) is 0.101. The van der Waals surface area contributed by atoms with Gasteiger partial charge in [-0.15, -0.1) is 0 Å². The van der Waals surface area contributed by atoms with E-state index in [-0.39, 0.29) is 0 Å². The standard InChI is InChI=1S/C68H20F30N6/c1-103-23-11-12-24(103)30(36-45(75)57(87)66(96)58(88)46(36)76)20-8-4-16(100-20)28(34-41(71)53(83)64(94)54(84)42(34)72)18-6-10-22(102-18)32(38-49(79)61(91)68(98)62(92)50(38)80)26-14-13-25(104(26)2)31(37-47(77)59(89)67(97)60(90)48(37)78)21-9-5-17(101-21)27(33-39(69)51(81)63(93)52(82)40(33)70)15-3-7-19(99-15)29(23)35-43(73)55(85)65(95)56(86)44(35)74/h3-15,99H,1-2H3/b27-17+,28-18+,29-19-,30-20+,31-25+,32-26+. The first-order valence-electron chi connectivity index (χ1n) is 28.4. The van der Waals surface area contributed by atoms with Crippen LogP contribution in [0, 0.1) is 175 Å². The molecule has 0 spiro atoms. The fourth-order valence-corrected chi connectivity index (χ4v) is 12.1. The van der Waals surface area contributed by atoms with Crippen molar-refractivity contribution in [2.75, 3.05) is 0 Å². The highest BCUT2D eigenvalue weighted by Gasteiger charge is 2.42. The molecule has 8 aromatic rings. The molecule has 0 saturated heterocycles. The van der Waals surface area contributed by atoms with Crippen LogP contribution in [0.3, 0.4) is 0 Å². The fourth-order valence-electron chi connectivity index (χ4n) is 12.1. The van der Waals surface area contributed by atoms with Crippen LogP contribution in [0.4, 0.5) is 132 Å². The molecule has 5 aliphatic rings. The minimum absolute atomic E-state index is 0.320. The predicted molar refractivity (Wildman–Crippen MR) is 304 cm³/mol. The van der Waals surface area contributed by atoms with E-state index in [1.165, 1.54) is 0 Å². The summed E-state index contributed by atoms with van der Waals surface area (Å²) in [7, 11) is 1.19. The smallest absolute Gasteiger partial charge is 0.200 e. The number of allylic oxidation sites excluding steroid dienone is 8. The lowest BCUT2D eigenvalue weighted by atomic mass is 9.95. The topological polar surface area (TPSA) is 59.0 Å². The fraction of sp³-hybridized carbons (Fsp3) is 0.0441. The Morgan fingerprint density at radius 1 is 0.250 bits per heavy atom. The molecular formula is C68H20F30N6. The van der Waals surface area contributed by atoms with Crippen LogP contribution >= 0.6 is 0 Å². The van der Waals surface area contributed by atoms with Crippen molar-refractivity contribution in [2.45, 2.75) is 6.04 Å². The third-order valence-corrected chi connectivity index (χ3v) is 16.9.